The molecule has 1 fully saturated rings. The summed E-state index contributed by atoms with van der Waals surface area (Å²) >= 11 is 3.33. The first-order valence-corrected chi connectivity index (χ1v) is 7.37. The predicted molar refractivity (Wildman–Crippen MR) is 79.0 cm³/mol. The minimum absolute atomic E-state index is 0.0245. The lowest BCUT2D eigenvalue weighted by Gasteiger charge is -2.21. The van der Waals surface area contributed by atoms with E-state index in [-0.39, 0.29) is 12.1 Å². The number of hydrogen-bond acceptors (Lipinski definition) is 3. The fourth-order valence-corrected chi connectivity index (χ4v) is 2.64. The quantitative estimate of drug-likeness (QED) is 0.902. The lowest BCUT2D eigenvalue weighted by atomic mass is 10.0. The SMILES string of the molecule is Fc1ccc(C2OCCC2Nc2ccc(Br)cn2)cc1F. The number of halogens is 3. The summed E-state index contributed by atoms with van der Waals surface area (Å²) in [5.41, 5.74) is 0.626. The van der Waals surface area contributed by atoms with Crippen LogP contribution in [0.5, 0.6) is 0 Å². The van der Waals surface area contributed by atoms with Gasteiger partial charge >= 0.3 is 0 Å². The molecular weight excluding hydrogens is 342 g/mol. The fraction of sp³-hybridized carbons (Fsp3) is 0.267. The van der Waals surface area contributed by atoms with Crippen LogP contribution in [0.3, 0.4) is 0 Å². The van der Waals surface area contributed by atoms with Crippen LogP contribution in [-0.2, 0) is 4.74 Å². The Bertz CT molecular complexity index is 636. The second-order valence-corrected chi connectivity index (χ2v) is 5.78. The Hall–Kier alpha value is -1.53. The van der Waals surface area contributed by atoms with Crippen LogP contribution in [0.4, 0.5) is 14.6 Å². The van der Waals surface area contributed by atoms with Crippen LogP contribution in [0.25, 0.3) is 0 Å². The molecule has 2 unspecified atom stereocenters. The first-order chi connectivity index (χ1) is 10.1. The van der Waals surface area contributed by atoms with Crippen LogP contribution < -0.4 is 5.32 Å². The number of pyridine rings is 1. The highest BCUT2D eigenvalue weighted by molar-refractivity contribution is 9.10. The number of rotatable bonds is 3. The lowest BCUT2D eigenvalue weighted by molar-refractivity contribution is 0.107. The van der Waals surface area contributed by atoms with Gasteiger partial charge in [0.2, 0.25) is 0 Å². The van der Waals surface area contributed by atoms with Gasteiger partial charge in [0.25, 0.3) is 0 Å². The van der Waals surface area contributed by atoms with Gasteiger partial charge in [0, 0.05) is 17.3 Å². The monoisotopic (exact) mass is 354 g/mol. The molecule has 3 rings (SSSR count). The number of aromatic nitrogens is 1. The Balaban J connectivity index is 1.78. The van der Waals surface area contributed by atoms with Gasteiger partial charge in [0.05, 0.1) is 6.04 Å². The molecule has 3 nitrogen and oxygen atoms in total. The molecular formula is C15H13BrF2N2O. The van der Waals surface area contributed by atoms with Crippen molar-refractivity contribution >= 4 is 21.7 Å². The number of nitrogens with zero attached hydrogens (tertiary/aromatic N) is 1. The van der Waals surface area contributed by atoms with Crippen molar-refractivity contribution < 1.29 is 13.5 Å². The van der Waals surface area contributed by atoms with E-state index in [0.717, 1.165) is 22.8 Å². The molecule has 1 saturated heterocycles. The molecule has 2 aromatic rings. The molecule has 1 N–H and O–H groups in total. The molecule has 2 heterocycles. The molecule has 110 valence electrons. The first kappa shape index (κ1) is 14.4. The third-order valence-electron chi connectivity index (χ3n) is 3.42. The largest absolute Gasteiger partial charge is 0.371 e. The summed E-state index contributed by atoms with van der Waals surface area (Å²) in [7, 11) is 0. The van der Waals surface area contributed by atoms with Crippen molar-refractivity contribution in [3.63, 3.8) is 0 Å². The summed E-state index contributed by atoms with van der Waals surface area (Å²) in [6, 6.07) is 7.58. The third-order valence-corrected chi connectivity index (χ3v) is 3.89. The molecule has 0 saturated carbocycles. The molecule has 1 aromatic carbocycles. The Morgan fingerprint density at radius 2 is 2.05 bits per heavy atom. The second-order valence-electron chi connectivity index (χ2n) is 4.87. The number of anilines is 1. The summed E-state index contributed by atoms with van der Waals surface area (Å²) in [5.74, 6) is -0.986. The molecule has 1 aliphatic rings. The average molecular weight is 355 g/mol. The topological polar surface area (TPSA) is 34.1 Å². The van der Waals surface area contributed by atoms with E-state index in [4.69, 9.17) is 4.74 Å². The van der Waals surface area contributed by atoms with Gasteiger partial charge in [0.1, 0.15) is 11.9 Å². The normalized spacial score (nSPS) is 21.5. The predicted octanol–water partition coefficient (Wildman–Crippen LogP) is 4.06. The summed E-state index contributed by atoms with van der Waals surface area (Å²) < 4.78 is 32.9. The Labute approximate surface area is 129 Å². The van der Waals surface area contributed by atoms with Crippen molar-refractivity contribution in [1.82, 2.24) is 4.98 Å². The molecule has 2 atom stereocenters. The van der Waals surface area contributed by atoms with Crippen molar-refractivity contribution in [2.45, 2.75) is 18.6 Å². The molecule has 1 aromatic heterocycles. The van der Waals surface area contributed by atoms with Gasteiger partial charge < -0.3 is 10.1 Å². The molecule has 1 aliphatic heterocycles. The zero-order valence-electron chi connectivity index (χ0n) is 11.0. The number of benzene rings is 1. The summed E-state index contributed by atoms with van der Waals surface area (Å²) in [6.45, 7) is 0.567. The third kappa shape index (κ3) is 3.22. The van der Waals surface area contributed by atoms with Gasteiger partial charge in [-0.15, -0.1) is 0 Å². The zero-order chi connectivity index (χ0) is 14.8. The zero-order valence-corrected chi connectivity index (χ0v) is 12.6. The van der Waals surface area contributed by atoms with Gasteiger partial charge in [0.15, 0.2) is 11.6 Å². The van der Waals surface area contributed by atoms with E-state index in [1.165, 1.54) is 6.07 Å². The molecule has 0 amide bonds. The van der Waals surface area contributed by atoms with E-state index in [0.29, 0.717) is 12.2 Å². The Morgan fingerprint density at radius 3 is 2.76 bits per heavy atom. The maximum atomic E-state index is 13.4. The molecule has 0 radical (unpaired) electrons. The van der Waals surface area contributed by atoms with Crippen LogP contribution in [0.2, 0.25) is 0 Å². The minimum atomic E-state index is -0.858. The second kappa shape index (κ2) is 6.07. The highest BCUT2D eigenvalue weighted by Crippen LogP contribution is 2.32. The van der Waals surface area contributed by atoms with Crippen LogP contribution in [0.15, 0.2) is 41.0 Å². The number of nitrogens with one attached hydrogen (secondary N) is 1. The fourth-order valence-electron chi connectivity index (χ4n) is 2.41. The summed E-state index contributed by atoms with van der Waals surface area (Å²) in [4.78, 5) is 4.25. The lowest BCUT2D eigenvalue weighted by Crippen LogP contribution is -2.23. The van der Waals surface area contributed by atoms with E-state index in [1.54, 1.807) is 12.3 Å². The smallest absolute Gasteiger partial charge is 0.159 e. The van der Waals surface area contributed by atoms with E-state index in [2.05, 4.69) is 26.2 Å². The van der Waals surface area contributed by atoms with Crippen molar-refractivity contribution in [2.24, 2.45) is 0 Å². The molecule has 6 heteroatoms. The van der Waals surface area contributed by atoms with E-state index < -0.39 is 11.6 Å². The standard InChI is InChI=1S/C15H13BrF2N2O/c16-10-2-4-14(19-8-10)20-13-5-6-21-15(13)9-1-3-11(17)12(18)7-9/h1-4,7-8,13,15H,5-6H2,(H,19,20). The Kier molecular flexibility index (Phi) is 4.17. The van der Waals surface area contributed by atoms with Crippen LogP contribution in [-0.4, -0.2) is 17.6 Å². The Morgan fingerprint density at radius 1 is 1.19 bits per heavy atom. The first-order valence-electron chi connectivity index (χ1n) is 6.58. The van der Waals surface area contributed by atoms with E-state index >= 15 is 0 Å². The van der Waals surface area contributed by atoms with E-state index in [9.17, 15) is 8.78 Å². The maximum absolute atomic E-state index is 13.4. The molecule has 0 bridgehead atoms. The van der Waals surface area contributed by atoms with Gasteiger partial charge in [-0.3, -0.25) is 0 Å². The van der Waals surface area contributed by atoms with E-state index in [1.807, 2.05) is 12.1 Å². The van der Waals surface area contributed by atoms with Crippen LogP contribution in [0, 0.1) is 11.6 Å². The van der Waals surface area contributed by atoms with Gasteiger partial charge in [-0.1, -0.05) is 6.07 Å². The number of ether oxygens (including phenoxy) is 1. The van der Waals surface area contributed by atoms with Crippen LogP contribution in [0.1, 0.15) is 18.1 Å². The van der Waals surface area contributed by atoms with Gasteiger partial charge in [-0.25, -0.2) is 13.8 Å². The maximum Gasteiger partial charge on any atom is 0.159 e. The average Bonchev–Trinajstić information content (AvgIpc) is 2.92. The minimum Gasteiger partial charge on any atom is -0.371 e. The van der Waals surface area contributed by atoms with Crippen molar-refractivity contribution in [2.75, 3.05) is 11.9 Å². The number of hydrogen-bond donors (Lipinski definition) is 1. The van der Waals surface area contributed by atoms with Crippen LogP contribution >= 0.6 is 15.9 Å². The summed E-state index contributed by atoms with van der Waals surface area (Å²) in [6.07, 6.45) is 2.16. The highest BCUT2D eigenvalue weighted by Gasteiger charge is 2.30. The van der Waals surface area contributed by atoms with Crippen molar-refractivity contribution in [1.29, 1.82) is 0 Å². The van der Waals surface area contributed by atoms with Gasteiger partial charge in [-0.05, 0) is 52.2 Å². The summed E-state index contributed by atoms with van der Waals surface area (Å²) in [5, 5.41) is 3.28. The van der Waals surface area contributed by atoms with Gasteiger partial charge in [-0.2, -0.15) is 0 Å². The molecule has 0 spiro atoms. The molecule has 0 aliphatic carbocycles. The van der Waals surface area contributed by atoms with Crippen molar-refractivity contribution in [3.8, 4) is 0 Å². The highest BCUT2D eigenvalue weighted by atomic mass is 79.9. The van der Waals surface area contributed by atoms with Crippen molar-refractivity contribution in [3.05, 3.63) is 58.2 Å². The molecule has 21 heavy (non-hydrogen) atoms.